The number of aromatic nitrogens is 3. The van der Waals surface area contributed by atoms with Gasteiger partial charge in [0, 0.05) is 38.2 Å². The highest BCUT2D eigenvalue weighted by molar-refractivity contribution is 5.89. The average molecular weight is 301 g/mol. The van der Waals surface area contributed by atoms with Gasteiger partial charge in [0.2, 0.25) is 0 Å². The number of carboxylic acid groups (broad SMARTS) is 1. The van der Waals surface area contributed by atoms with Crippen molar-refractivity contribution < 1.29 is 14.6 Å². The quantitative estimate of drug-likeness (QED) is 0.937. The maximum absolute atomic E-state index is 11.3. The van der Waals surface area contributed by atoms with E-state index >= 15 is 0 Å². The lowest BCUT2D eigenvalue weighted by molar-refractivity contribution is 0.0661. The standard InChI is InChI=1S/C16H19N3O3/c1-11-13(8-12-9-17-5-2-15(12)16(20)21)10-19(18-11)14-3-6-22-7-4-14/h2,5,9-10,14H,3-4,6-8H2,1H3,(H,20,21). The van der Waals surface area contributed by atoms with E-state index in [1.54, 1.807) is 6.20 Å². The Bertz CT molecular complexity index is 675. The maximum Gasteiger partial charge on any atom is 0.336 e. The van der Waals surface area contributed by atoms with Crippen LogP contribution in [-0.2, 0) is 11.2 Å². The molecule has 2 aromatic heterocycles. The molecule has 0 aromatic carbocycles. The van der Waals surface area contributed by atoms with E-state index in [1.807, 2.05) is 17.8 Å². The van der Waals surface area contributed by atoms with Gasteiger partial charge in [-0.1, -0.05) is 0 Å². The fourth-order valence-corrected chi connectivity index (χ4v) is 2.81. The molecule has 1 N–H and O–H groups in total. The molecule has 0 atom stereocenters. The minimum atomic E-state index is -0.924. The van der Waals surface area contributed by atoms with Gasteiger partial charge in [-0.25, -0.2) is 4.79 Å². The molecule has 0 amide bonds. The molecular formula is C16H19N3O3. The van der Waals surface area contributed by atoms with E-state index in [1.165, 1.54) is 12.3 Å². The number of rotatable bonds is 4. The molecule has 0 radical (unpaired) electrons. The predicted molar refractivity (Wildman–Crippen MR) is 80.1 cm³/mol. The molecule has 2 aromatic rings. The molecule has 1 aliphatic rings. The van der Waals surface area contributed by atoms with Crippen molar-refractivity contribution in [2.24, 2.45) is 0 Å². The lowest BCUT2D eigenvalue weighted by atomic mass is 10.0. The molecule has 22 heavy (non-hydrogen) atoms. The largest absolute Gasteiger partial charge is 0.478 e. The number of nitrogens with zero attached hydrogens (tertiary/aromatic N) is 3. The third kappa shape index (κ3) is 3.01. The van der Waals surface area contributed by atoms with Crippen LogP contribution >= 0.6 is 0 Å². The molecule has 1 saturated heterocycles. The van der Waals surface area contributed by atoms with Crippen LogP contribution in [0.15, 0.2) is 24.7 Å². The van der Waals surface area contributed by atoms with Gasteiger partial charge in [0.05, 0.1) is 17.3 Å². The van der Waals surface area contributed by atoms with E-state index in [2.05, 4.69) is 10.1 Å². The number of aryl methyl sites for hydroxylation is 1. The molecule has 116 valence electrons. The van der Waals surface area contributed by atoms with Crippen molar-refractivity contribution in [3.05, 3.63) is 47.0 Å². The first kappa shape index (κ1) is 14.7. The van der Waals surface area contributed by atoms with Crippen molar-refractivity contribution in [3.63, 3.8) is 0 Å². The lowest BCUT2D eigenvalue weighted by Gasteiger charge is -2.22. The Morgan fingerprint density at radius 1 is 1.41 bits per heavy atom. The Morgan fingerprint density at radius 3 is 2.91 bits per heavy atom. The summed E-state index contributed by atoms with van der Waals surface area (Å²) in [4.78, 5) is 15.3. The molecule has 1 fully saturated rings. The van der Waals surface area contributed by atoms with Crippen LogP contribution in [0.25, 0.3) is 0 Å². The second-order valence-electron chi connectivity index (χ2n) is 5.58. The van der Waals surface area contributed by atoms with Gasteiger partial charge in [0.1, 0.15) is 0 Å². The molecule has 1 aliphatic heterocycles. The monoisotopic (exact) mass is 301 g/mol. The van der Waals surface area contributed by atoms with Gasteiger partial charge < -0.3 is 9.84 Å². The summed E-state index contributed by atoms with van der Waals surface area (Å²) in [7, 11) is 0. The fraction of sp³-hybridized carbons (Fsp3) is 0.438. The van der Waals surface area contributed by atoms with Crippen LogP contribution in [0.2, 0.25) is 0 Å². The number of aromatic carboxylic acids is 1. The highest BCUT2D eigenvalue weighted by Crippen LogP contribution is 2.23. The molecule has 0 saturated carbocycles. The molecule has 0 aliphatic carbocycles. The highest BCUT2D eigenvalue weighted by Gasteiger charge is 2.19. The Hall–Kier alpha value is -2.21. The van der Waals surface area contributed by atoms with Crippen LogP contribution in [0, 0.1) is 6.92 Å². The zero-order valence-electron chi connectivity index (χ0n) is 12.5. The van der Waals surface area contributed by atoms with Crippen molar-refractivity contribution in [2.45, 2.75) is 32.2 Å². The van der Waals surface area contributed by atoms with Crippen LogP contribution in [0.5, 0.6) is 0 Å². The summed E-state index contributed by atoms with van der Waals surface area (Å²) in [6.45, 7) is 3.50. The molecule has 0 spiro atoms. The van der Waals surface area contributed by atoms with Crippen LogP contribution in [0.4, 0.5) is 0 Å². The third-order valence-corrected chi connectivity index (χ3v) is 4.10. The summed E-state index contributed by atoms with van der Waals surface area (Å²) in [5.41, 5.74) is 2.99. The normalized spacial score (nSPS) is 15.9. The van der Waals surface area contributed by atoms with Crippen LogP contribution in [0.3, 0.4) is 0 Å². The van der Waals surface area contributed by atoms with E-state index in [9.17, 15) is 9.90 Å². The molecule has 3 rings (SSSR count). The van der Waals surface area contributed by atoms with Crippen molar-refractivity contribution in [2.75, 3.05) is 13.2 Å². The molecule has 0 bridgehead atoms. The van der Waals surface area contributed by atoms with Gasteiger partial charge in [-0.3, -0.25) is 9.67 Å². The summed E-state index contributed by atoms with van der Waals surface area (Å²) in [6.07, 6.45) is 7.62. The van der Waals surface area contributed by atoms with Gasteiger partial charge in [-0.15, -0.1) is 0 Å². The SMILES string of the molecule is Cc1nn(C2CCOCC2)cc1Cc1cnccc1C(=O)O. The topological polar surface area (TPSA) is 77.2 Å². The maximum atomic E-state index is 11.3. The first-order valence-electron chi connectivity index (χ1n) is 7.43. The van der Waals surface area contributed by atoms with Crippen LogP contribution < -0.4 is 0 Å². The Morgan fingerprint density at radius 2 is 2.18 bits per heavy atom. The smallest absolute Gasteiger partial charge is 0.336 e. The minimum Gasteiger partial charge on any atom is -0.478 e. The number of carbonyl (C=O) groups is 1. The summed E-state index contributed by atoms with van der Waals surface area (Å²) >= 11 is 0. The van der Waals surface area contributed by atoms with Crippen molar-refractivity contribution in [1.82, 2.24) is 14.8 Å². The molecular weight excluding hydrogens is 282 g/mol. The number of ether oxygens (including phenoxy) is 1. The second-order valence-corrected chi connectivity index (χ2v) is 5.58. The zero-order chi connectivity index (χ0) is 15.5. The molecule has 3 heterocycles. The average Bonchev–Trinajstić information content (AvgIpc) is 2.90. The van der Waals surface area contributed by atoms with Gasteiger partial charge >= 0.3 is 5.97 Å². The predicted octanol–water partition coefficient (Wildman–Crippen LogP) is 2.23. The van der Waals surface area contributed by atoms with Gasteiger partial charge in [0.25, 0.3) is 0 Å². The van der Waals surface area contributed by atoms with E-state index in [4.69, 9.17) is 4.74 Å². The number of hydrogen-bond donors (Lipinski definition) is 1. The van der Waals surface area contributed by atoms with Crippen molar-refractivity contribution in [3.8, 4) is 0 Å². The summed E-state index contributed by atoms with van der Waals surface area (Å²) in [6, 6.07) is 1.91. The van der Waals surface area contributed by atoms with E-state index in [0.717, 1.165) is 37.3 Å². The number of carboxylic acids is 1. The molecule has 6 nitrogen and oxygen atoms in total. The summed E-state index contributed by atoms with van der Waals surface area (Å²) in [5.74, 6) is -0.924. The Balaban J connectivity index is 1.84. The summed E-state index contributed by atoms with van der Waals surface area (Å²) < 4.78 is 7.39. The third-order valence-electron chi connectivity index (χ3n) is 4.10. The van der Waals surface area contributed by atoms with Gasteiger partial charge in [-0.2, -0.15) is 5.10 Å². The van der Waals surface area contributed by atoms with Crippen molar-refractivity contribution in [1.29, 1.82) is 0 Å². The van der Waals surface area contributed by atoms with E-state index in [-0.39, 0.29) is 0 Å². The van der Waals surface area contributed by atoms with E-state index < -0.39 is 5.97 Å². The van der Waals surface area contributed by atoms with Crippen LogP contribution in [0.1, 0.15) is 46.1 Å². The first-order valence-corrected chi connectivity index (χ1v) is 7.43. The lowest BCUT2D eigenvalue weighted by Crippen LogP contribution is -2.19. The van der Waals surface area contributed by atoms with E-state index in [0.29, 0.717) is 23.6 Å². The zero-order valence-corrected chi connectivity index (χ0v) is 12.5. The molecule has 6 heteroatoms. The Labute approximate surface area is 128 Å². The van der Waals surface area contributed by atoms with Gasteiger partial charge in [-0.05, 0) is 37.0 Å². The minimum absolute atomic E-state index is 0.299. The first-order chi connectivity index (χ1) is 10.6. The number of pyridine rings is 1. The molecule has 0 unspecified atom stereocenters. The Kier molecular flexibility index (Phi) is 4.20. The second kappa shape index (κ2) is 6.27. The van der Waals surface area contributed by atoms with Gasteiger partial charge in [0.15, 0.2) is 0 Å². The number of hydrogen-bond acceptors (Lipinski definition) is 4. The highest BCUT2D eigenvalue weighted by atomic mass is 16.5. The summed E-state index contributed by atoms with van der Waals surface area (Å²) in [5, 5.41) is 13.9. The fourth-order valence-electron chi connectivity index (χ4n) is 2.81. The van der Waals surface area contributed by atoms with Crippen LogP contribution in [-0.4, -0.2) is 39.1 Å². The van der Waals surface area contributed by atoms with Crippen molar-refractivity contribution >= 4 is 5.97 Å².